The highest BCUT2D eigenvalue weighted by atomic mass is 79.9. The molecule has 0 atom stereocenters. The second-order valence-corrected chi connectivity index (χ2v) is 4.68. The monoisotopic (exact) mass is 286 g/mol. The highest BCUT2D eigenvalue weighted by molar-refractivity contribution is 9.10. The molecule has 0 bridgehead atoms. The van der Waals surface area contributed by atoms with E-state index in [4.69, 9.17) is 15.2 Å². The molecule has 0 radical (unpaired) electrons. The number of hydrogen-bond donors (Lipinski definition) is 1. The largest absolute Gasteiger partial charge is 0.473 e. The summed E-state index contributed by atoms with van der Waals surface area (Å²) in [5.74, 6) is 0.624. The molecule has 4 nitrogen and oxygen atoms in total. The Morgan fingerprint density at radius 2 is 2.19 bits per heavy atom. The number of hydrogen-bond acceptors (Lipinski definition) is 4. The second-order valence-electron chi connectivity index (χ2n) is 3.89. The quantitative estimate of drug-likeness (QED) is 0.906. The zero-order valence-corrected chi connectivity index (χ0v) is 10.8. The van der Waals surface area contributed by atoms with Crippen LogP contribution in [-0.2, 0) is 4.74 Å². The molecule has 1 aliphatic rings. The first-order valence-electron chi connectivity index (χ1n) is 5.33. The lowest BCUT2D eigenvalue weighted by Gasteiger charge is -2.23. The van der Waals surface area contributed by atoms with Gasteiger partial charge in [0, 0.05) is 12.8 Å². The molecule has 0 unspecified atom stereocenters. The van der Waals surface area contributed by atoms with Crippen LogP contribution in [0.25, 0.3) is 0 Å². The van der Waals surface area contributed by atoms with Crippen molar-refractivity contribution in [3.05, 3.63) is 16.2 Å². The molecular weight excluding hydrogens is 272 g/mol. The van der Waals surface area contributed by atoms with E-state index in [2.05, 4.69) is 20.9 Å². The molecule has 5 heteroatoms. The second kappa shape index (κ2) is 5.01. The van der Waals surface area contributed by atoms with Crippen molar-refractivity contribution < 1.29 is 9.47 Å². The summed E-state index contributed by atoms with van der Waals surface area (Å²) in [5.41, 5.74) is 7.40. The molecule has 0 aromatic carbocycles. The summed E-state index contributed by atoms with van der Waals surface area (Å²) in [7, 11) is 0. The Labute approximate surface area is 103 Å². The fourth-order valence-electron chi connectivity index (χ4n) is 1.60. The number of anilines is 1. The van der Waals surface area contributed by atoms with Crippen LogP contribution >= 0.6 is 15.9 Å². The lowest BCUT2D eigenvalue weighted by atomic mass is 10.1. The normalized spacial score (nSPS) is 17.4. The number of pyridine rings is 1. The Morgan fingerprint density at radius 3 is 2.88 bits per heavy atom. The lowest BCUT2D eigenvalue weighted by Crippen LogP contribution is -2.26. The first-order valence-corrected chi connectivity index (χ1v) is 6.12. The summed E-state index contributed by atoms with van der Waals surface area (Å²) in [4.78, 5) is 4.20. The summed E-state index contributed by atoms with van der Waals surface area (Å²) in [6, 6.07) is 0. The van der Waals surface area contributed by atoms with Crippen molar-refractivity contribution in [2.45, 2.75) is 25.9 Å². The molecular formula is C11H15BrN2O2. The number of aromatic nitrogens is 1. The number of ether oxygens (including phenoxy) is 2. The van der Waals surface area contributed by atoms with Gasteiger partial charge in [-0.3, -0.25) is 0 Å². The number of rotatable bonds is 2. The molecule has 16 heavy (non-hydrogen) atoms. The minimum atomic E-state index is 0.195. The minimum Gasteiger partial charge on any atom is -0.473 e. The van der Waals surface area contributed by atoms with Crippen LogP contribution in [-0.4, -0.2) is 24.3 Å². The molecule has 0 amide bonds. The Kier molecular flexibility index (Phi) is 3.66. The minimum absolute atomic E-state index is 0.195. The van der Waals surface area contributed by atoms with Crippen molar-refractivity contribution >= 4 is 21.6 Å². The molecule has 1 aromatic rings. The standard InChI is InChI=1S/C11H15BrN2O2/c1-7-9(13)6-14-11(10(7)12)16-8-2-4-15-5-3-8/h6,8H,2-5,13H2,1H3. The third-order valence-electron chi connectivity index (χ3n) is 2.72. The van der Waals surface area contributed by atoms with Gasteiger partial charge in [0.1, 0.15) is 6.10 Å². The maximum atomic E-state index is 5.83. The van der Waals surface area contributed by atoms with E-state index in [1.807, 2.05) is 6.92 Å². The molecule has 1 aliphatic heterocycles. The maximum absolute atomic E-state index is 5.83. The van der Waals surface area contributed by atoms with E-state index in [0.29, 0.717) is 11.6 Å². The summed E-state index contributed by atoms with van der Waals surface area (Å²) in [5, 5.41) is 0. The molecule has 0 saturated carbocycles. The average molecular weight is 287 g/mol. The van der Waals surface area contributed by atoms with Gasteiger partial charge in [0.05, 0.1) is 29.6 Å². The van der Waals surface area contributed by atoms with Gasteiger partial charge in [-0.15, -0.1) is 0 Å². The Morgan fingerprint density at radius 1 is 1.50 bits per heavy atom. The molecule has 1 aromatic heterocycles. The summed E-state index contributed by atoms with van der Waals surface area (Å²) in [6.45, 7) is 3.46. The molecule has 88 valence electrons. The van der Waals surface area contributed by atoms with Gasteiger partial charge in [-0.1, -0.05) is 0 Å². The van der Waals surface area contributed by atoms with Gasteiger partial charge in [-0.05, 0) is 28.4 Å². The van der Waals surface area contributed by atoms with E-state index in [9.17, 15) is 0 Å². The van der Waals surface area contributed by atoms with Crippen molar-refractivity contribution in [3.8, 4) is 5.88 Å². The highest BCUT2D eigenvalue weighted by Crippen LogP contribution is 2.30. The Balaban J connectivity index is 2.11. The third kappa shape index (κ3) is 2.47. The smallest absolute Gasteiger partial charge is 0.228 e. The van der Waals surface area contributed by atoms with Crippen LogP contribution in [0.5, 0.6) is 5.88 Å². The van der Waals surface area contributed by atoms with Crippen molar-refractivity contribution in [2.75, 3.05) is 18.9 Å². The van der Waals surface area contributed by atoms with E-state index >= 15 is 0 Å². The van der Waals surface area contributed by atoms with Gasteiger partial charge in [0.2, 0.25) is 5.88 Å². The summed E-state index contributed by atoms with van der Waals surface area (Å²) >= 11 is 3.46. The van der Waals surface area contributed by atoms with Crippen LogP contribution in [0.15, 0.2) is 10.7 Å². The lowest BCUT2D eigenvalue weighted by molar-refractivity contribution is 0.0234. The number of nitrogens with zero attached hydrogens (tertiary/aromatic N) is 1. The van der Waals surface area contributed by atoms with Gasteiger partial charge in [-0.25, -0.2) is 4.98 Å². The molecule has 0 aliphatic carbocycles. The van der Waals surface area contributed by atoms with E-state index < -0.39 is 0 Å². The van der Waals surface area contributed by atoms with Crippen LogP contribution < -0.4 is 10.5 Å². The Bertz CT molecular complexity index is 378. The maximum Gasteiger partial charge on any atom is 0.228 e. The van der Waals surface area contributed by atoms with Crippen LogP contribution in [0.1, 0.15) is 18.4 Å². The molecule has 1 fully saturated rings. The van der Waals surface area contributed by atoms with Crippen molar-refractivity contribution in [1.82, 2.24) is 4.98 Å². The van der Waals surface area contributed by atoms with Crippen LogP contribution in [0, 0.1) is 6.92 Å². The molecule has 2 N–H and O–H groups in total. The first kappa shape index (κ1) is 11.7. The first-order chi connectivity index (χ1) is 7.68. The fraction of sp³-hybridized carbons (Fsp3) is 0.545. The zero-order valence-electron chi connectivity index (χ0n) is 9.20. The summed E-state index contributed by atoms with van der Waals surface area (Å²) in [6.07, 6.45) is 3.66. The van der Waals surface area contributed by atoms with Crippen molar-refractivity contribution in [1.29, 1.82) is 0 Å². The summed E-state index contributed by atoms with van der Waals surface area (Å²) < 4.78 is 12.0. The molecule has 1 saturated heterocycles. The Hall–Kier alpha value is -0.810. The highest BCUT2D eigenvalue weighted by Gasteiger charge is 2.18. The van der Waals surface area contributed by atoms with Crippen molar-refractivity contribution in [3.63, 3.8) is 0 Å². The topological polar surface area (TPSA) is 57.4 Å². The van der Waals surface area contributed by atoms with Gasteiger partial charge < -0.3 is 15.2 Å². The number of nitrogen functional groups attached to an aromatic ring is 1. The van der Waals surface area contributed by atoms with Gasteiger partial charge >= 0.3 is 0 Å². The zero-order chi connectivity index (χ0) is 11.5. The predicted octanol–water partition coefficient (Wildman–Crippen LogP) is 2.29. The predicted molar refractivity (Wildman–Crippen MR) is 65.6 cm³/mol. The molecule has 2 rings (SSSR count). The SMILES string of the molecule is Cc1c(N)cnc(OC2CCOCC2)c1Br. The van der Waals surface area contributed by atoms with E-state index in [-0.39, 0.29) is 6.10 Å². The van der Waals surface area contributed by atoms with Crippen LogP contribution in [0.4, 0.5) is 5.69 Å². The van der Waals surface area contributed by atoms with Crippen LogP contribution in [0.2, 0.25) is 0 Å². The van der Waals surface area contributed by atoms with Crippen LogP contribution in [0.3, 0.4) is 0 Å². The van der Waals surface area contributed by atoms with Crippen molar-refractivity contribution in [2.24, 2.45) is 0 Å². The van der Waals surface area contributed by atoms with E-state index in [1.165, 1.54) is 0 Å². The molecule has 2 heterocycles. The average Bonchev–Trinajstić information content (AvgIpc) is 2.31. The molecule has 0 spiro atoms. The number of halogens is 1. The third-order valence-corrected chi connectivity index (χ3v) is 3.65. The number of nitrogens with two attached hydrogens (primary N) is 1. The van der Waals surface area contributed by atoms with E-state index in [0.717, 1.165) is 36.1 Å². The van der Waals surface area contributed by atoms with Gasteiger partial charge in [-0.2, -0.15) is 0 Å². The fourth-order valence-corrected chi connectivity index (χ4v) is 2.03. The van der Waals surface area contributed by atoms with Gasteiger partial charge in [0.15, 0.2) is 0 Å². The van der Waals surface area contributed by atoms with E-state index in [1.54, 1.807) is 6.20 Å². The van der Waals surface area contributed by atoms with Gasteiger partial charge in [0.25, 0.3) is 0 Å².